The molecule has 0 radical (unpaired) electrons. The van der Waals surface area contributed by atoms with Crippen molar-refractivity contribution in [2.45, 2.75) is 62.3 Å². The van der Waals surface area contributed by atoms with Gasteiger partial charge in [-0.3, -0.25) is 9.59 Å². The molecule has 4 rings (SSSR count). The molecule has 0 saturated carbocycles. The summed E-state index contributed by atoms with van der Waals surface area (Å²) in [5, 5.41) is 35.8. The number of carbonyl (C=O) groups is 2. The fourth-order valence-electron chi connectivity index (χ4n) is 3.89. The Morgan fingerprint density at radius 3 is 1.27 bits per heavy atom. The third-order valence-electron chi connectivity index (χ3n) is 4.93. The lowest BCUT2D eigenvalue weighted by atomic mass is 9.87. The first-order chi connectivity index (χ1) is 10.4. The van der Waals surface area contributed by atoms with Crippen LogP contribution in [0.3, 0.4) is 0 Å². The van der Waals surface area contributed by atoms with E-state index in [2.05, 4.69) is 0 Å². The number of hydrogen-bond acceptors (Lipinski definition) is 6. The van der Waals surface area contributed by atoms with E-state index in [9.17, 15) is 19.8 Å². The summed E-state index contributed by atoms with van der Waals surface area (Å²) in [7, 11) is 0. The minimum Gasteiger partial charge on any atom is -0.481 e. The maximum atomic E-state index is 10.5. The first kappa shape index (κ1) is 15.7. The quantitative estimate of drug-likeness (QED) is 0.521. The standard InChI is InChI=1S/2C7H10O4/c2*8-5-2-3-1-4(7(9)10)6(5)11-3/h2*3-6,8H,1-2H2,(H,9,10)/t2*3-,4-,5-,6+/m10/s1. The highest BCUT2D eigenvalue weighted by Gasteiger charge is 2.50. The molecular formula is C14H20O8. The molecule has 8 nitrogen and oxygen atoms in total. The molecule has 0 amide bonds. The summed E-state index contributed by atoms with van der Waals surface area (Å²) < 4.78 is 10.5. The fourth-order valence-corrected chi connectivity index (χ4v) is 3.89. The molecule has 4 aliphatic rings. The number of ether oxygens (including phenoxy) is 2. The Kier molecular flexibility index (Phi) is 4.11. The molecule has 4 heterocycles. The molecule has 22 heavy (non-hydrogen) atoms. The Bertz CT molecular complexity index is 424. The van der Waals surface area contributed by atoms with Crippen LogP contribution < -0.4 is 0 Å². The summed E-state index contributed by atoms with van der Waals surface area (Å²) in [5.74, 6) is -2.67. The Morgan fingerprint density at radius 2 is 1.09 bits per heavy atom. The lowest BCUT2D eigenvalue weighted by molar-refractivity contribution is -0.146. The molecule has 4 aliphatic heterocycles. The van der Waals surface area contributed by atoms with Crippen LogP contribution >= 0.6 is 0 Å². The molecule has 0 aromatic rings. The second-order valence-corrected chi connectivity index (χ2v) is 6.41. The van der Waals surface area contributed by atoms with Crippen LogP contribution in [0.1, 0.15) is 25.7 Å². The fraction of sp³-hybridized carbons (Fsp3) is 0.857. The molecule has 4 saturated heterocycles. The highest BCUT2D eigenvalue weighted by Crippen LogP contribution is 2.39. The van der Waals surface area contributed by atoms with E-state index in [-0.39, 0.29) is 12.2 Å². The van der Waals surface area contributed by atoms with E-state index < -0.39 is 48.2 Å². The van der Waals surface area contributed by atoms with E-state index in [4.69, 9.17) is 19.7 Å². The van der Waals surface area contributed by atoms with Crippen LogP contribution in [-0.2, 0) is 19.1 Å². The predicted molar refractivity (Wildman–Crippen MR) is 70.1 cm³/mol. The van der Waals surface area contributed by atoms with Crippen molar-refractivity contribution in [1.29, 1.82) is 0 Å². The Labute approximate surface area is 126 Å². The lowest BCUT2D eigenvalue weighted by Crippen LogP contribution is -2.34. The van der Waals surface area contributed by atoms with Crippen LogP contribution in [0.2, 0.25) is 0 Å². The van der Waals surface area contributed by atoms with Gasteiger partial charge in [0.1, 0.15) is 0 Å². The predicted octanol–water partition coefficient (Wildman–Crippen LogP) is -0.781. The Hall–Kier alpha value is -1.22. The van der Waals surface area contributed by atoms with Crippen molar-refractivity contribution in [2.75, 3.05) is 0 Å². The number of hydrogen-bond donors (Lipinski definition) is 4. The zero-order valence-corrected chi connectivity index (χ0v) is 11.9. The van der Waals surface area contributed by atoms with E-state index >= 15 is 0 Å². The number of fused-ring (bicyclic) bond motifs is 4. The van der Waals surface area contributed by atoms with Gasteiger partial charge in [-0.25, -0.2) is 0 Å². The van der Waals surface area contributed by atoms with Gasteiger partial charge in [0.25, 0.3) is 0 Å². The zero-order valence-electron chi connectivity index (χ0n) is 11.9. The number of aliphatic carboxylic acids is 2. The first-order valence-electron chi connectivity index (χ1n) is 7.49. The topological polar surface area (TPSA) is 134 Å². The molecule has 8 atom stereocenters. The van der Waals surface area contributed by atoms with Crippen molar-refractivity contribution < 1.29 is 39.5 Å². The monoisotopic (exact) mass is 316 g/mol. The van der Waals surface area contributed by atoms with E-state index in [1.165, 1.54) is 0 Å². The van der Waals surface area contributed by atoms with Crippen LogP contribution in [0.15, 0.2) is 0 Å². The van der Waals surface area contributed by atoms with E-state index in [0.717, 1.165) is 0 Å². The van der Waals surface area contributed by atoms with Crippen LogP contribution in [0.5, 0.6) is 0 Å². The second-order valence-electron chi connectivity index (χ2n) is 6.41. The van der Waals surface area contributed by atoms with Crippen molar-refractivity contribution >= 4 is 11.9 Å². The zero-order chi connectivity index (χ0) is 16.0. The van der Waals surface area contributed by atoms with Gasteiger partial charge in [0.05, 0.1) is 48.5 Å². The van der Waals surface area contributed by atoms with Gasteiger partial charge in [-0.1, -0.05) is 0 Å². The van der Waals surface area contributed by atoms with Crippen molar-refractivity contribution in [3.8, 4) is 0 Å². The minimum atomic E-state index is -0.851. The Morgan fingerprint density at radius 1 is 0.727 bits per heavy atom. The molecule has 4 fully saturated rings. The summed E-state index contributed by atoms with van der Waals surface area (Å²) in [6.07, 6.45) is 0.295. The normalized spacial score (nSPS) is 48.1. The smallest absolute Gasteiger partial charge is 0.309 e. The van der Waals surface area contributed by atoms with Crippen LogP contribution in [0.4, 0.5) is 0 Å². The average molecular weight is 316 g/mol. The van der Waals surface area contributed by atoms with Gasteiger partial charge in [0.2, 0.25) is 0 Å². The number of carboxylic acids is 2. The molecule has 4 N–H and O–H groups in total. The first-order valence-corrected chi connectivity index (χ1v) is 7.49. The van der Waals surface area contributed by atoms with Crippen LogP contribution in [0.25, 0.3) is 0 Å². The van der Waals surface area contributed by atoms with Gasteiger partial charge in [-0.2, -0.15) is 0 Å². The third-order valence-corrected chi connectivity index (χ3v) is 4.93. The van der Waals surface area contributed by atoms with Crippen molar-refractivity contribution in [2.24, 2.45) is 11.8 Å². The molecule has 0 aromatic carbocycles. The number of carboxylic acid groups (broad SMARTS) is 2. The van der Waals surface area contributed by atoms with E-state index in [0.29, 0.717) is 25.7 Å². The molecular weight excluding hydrogens is 296 g/mol. The average Bonchev–Trinajstić information content (AvgIpc) is 3.15. The van der Waals surface area contributed by atoms with Gasteiger partial charge < -0.3 is 29.9 Å². The molecule has 124 valence electrons. The number of aliphatic hydroxyl groups is 2. The highest BCUT2D eigenvalue weighted by atomic mass is 16.5. The molecule has 0 aliphatic carbocycles. The summed E-state index contributed by atoms with van der Waals surface area (Å²) in [4.78, 5) is 21.1. The number of rotatable bonds is 2. The van der Waals surface area contributed by atoms with Crippen molar-refractivity contribution in [3.63, 3.8) is 0 Å². The maximum Gasteiger partial charge on any atom is 0.309 e. The largest absolute Gasteiger partial charge is 0.481 e. The maximum absolute atomic E-state index is 10.5. The summed E-state index contributed by atoms with van der Waals surface area (Å²) in [6, 6.07) is 0. The third kappa shape index (κ3) is 2.71. The molecule has 4 bridgehead atoms. The van der Waals surface area contributed by atoms with Gasteiger partial charge >= 0.3 is 11.9 Å². The van der Waals surface area contributed by atoms with E-state index in [1.807, 2.05) is 0 Å². The van der Waals surface area contributed by atoms with Crippen LogP contribution in [-0.4, -0.2) is 69.0 Å². The van der Waals surface area contributed by atoms with Gasteiger partial charge in [-0.05, 0) is 12.8 Å². The van der Waals surface area contributed by atoms with Crippen molar-refractivity contribution in [1.82, 2.24) is 0 Å². The summed E-state index contributed by atoms with van der Waals surface area (Å²) in [5.41, 5.74) is 0. The van der Waals surface area contributed by atoms with Crippen molar-refractivity contribution in [3.05, 3.63) is 0 Å². The summed E-state index contributed by atoms with van der Waals surface area (Å²) in [6.45, 7) is 0. The molecule has 0 unspecified atom stereocenters. The molecule has 0 spiro atoms. The summed E-state index contributed by atoms with van der Waals surface area (Å²) >= 11 is 0. The van der Waals surface area contributed by atoms with Gasteiger partial charge in [-0.15, -0.1) is 0 Å². The minimum absolute atomic E-state index is 0.0175. The van der Waals surface area contributed by atoms with Gasteiger partial charge in [0, 0.05) is 12.8 Å². The lowest BCUT2D eigenvalue weighted by Gasteiger charge is -2.18. The molecule has 0 aromatic heterocycles. The Balaban J connectivity index is 0.000000131. The van der Waals surface area contributed by atoms with Crippen LogP contribution in [0, 0.1) is 11.8 Å². The highest BCUT2D eigenvalue weighted by molar-refractivity contribution is 5.72. The molecule has 8 heteroatoms. The number of aliphatic hydroxyl groups excluding tert-OH is 2. The SMILES string of the molecule is O=C(O)[C@@H]1C[C@@H]2C[C@@H](O)[C@H]1O2.O=C(O)[C@H]1C[C@H]2C[C@H](O)[C@@H]1O2. The van der Waals surface area contributed by atoms with Gasteiger partial charge in [0.15, 0.2) is 0 Å². The second kappa shape index (κ2) is 5.77. The van der Waals surface area contributed by atoms with E-state index in [1.54, 1.807) is 0 Å².